The largest absolute Gasteiger partial charge is 0.478 e. The second-order valence-electron chi connectivity index (χ2n) is 4.77. The lowest BCUT2D eigenvalue weighted by Gasteiger charge is -2.20. The Hall–Kier alpha value is -1.47. The molecular formula is C13H16FNO4S. The molecule has 2 rings (SSSR count). The first-order valence-corrected chi connectivity index (χ1v) is 7.90. The van der Waals surface area contributed by atoms with Gasteiger partial charge in [0.2, 0.25) is 10.0 Å². The van der Waals surface area contributed by atoms with Gasteiger partial charge in [-0.1, -0.05) is 12.8 Å². The van der Waals surface area contributed by atoms with Gasteiger partial charge >= 0.3 is 5.97 Å². The molecule has 0 bridgehead atoms. The van der Waals surface area contributed by atoms with Crippen LogP contribution in [0.1, 0.15) is 36.0 Å². The average molecular weight is 301 g/mol. The maximum absolute atomic E-state index is 13.8. The average Bonchev–Trinajstić information content (AvgIpc) is 2.68. The summed E-state index contributed by atoms with van der Waals surface area (Å²) in [4.78, 5) is 10.3. The van der Waals surface area contributed by atoms with Crippen LogP contribution in [-0.4, -0.2) is 36.9 Å². The summed E-state index contributed by atoms with van der Waals surface area (Å²) in [7, 11) is -3.98. The van der Waals surface area contributed by atoms with Gasteiger partial charge in [0, 0.05) is 13.1 Å². The van der Waals surface area contributed by atoms with E-state index in [2.05, 4.69) is 0 Å². The number of benzene rings is 1. The third kappa shape index (κ3) is 2.99. The predicted molar refractivity (Wildman–Crippen MR) is 70.6 cm³/mol. The first kappa shape index (κ1) is 14.9. The zero-order valence-electron chi connectivity index (χ0n) is 10.9. The van der Waals surface area contributed by atoms with Crippen LogP contribution in [-0.2, 0) is 10.0 Å². The second-order valence-corrected chi connectivity index (χ2v) is 6.68. The zero-order valence-corrected chi connectivity index (χ0v) is 11.7. The Labute approximate surface area is 117 Å². The molecule has 0 spiro atoms. The number of rotatable bonds is 3. The molecule has 1 aromatic carbocycles. The summed E-state index contributed by atoms with van der Waals surface area (Å²) in [6, 6.07) is 2.82. The van der Waals surface area contributed by atoms with E-state index in [1.54, 1.807) is 0 Å². The Morgan fingerprint density at radius 1 is 1.15 bits per heavy atom. The molecule has 5 nitrogen and oxygen atoms in total. The van der Waals surface area contributed by atoms with E-state index in [-0.39, 0.29) is 5.56 Å². The van der Waals surface area contributed by atoms with Gasteiger partial charge in [0.15, 0.2) is 0 Å². The smallest absolute Gasteiger partial charge is 0.335 e. The fourth-order valence-electron chi connectivity index (χ4n) is 2.26. The Morgan fingerprint density at radius 2 is 1.75 bits per heavy atom. The lowest BCUT2D eigenvalue weighted by atomic mass is 10.2. The molecular weight excluding hydrogens is 285 g/mol. The van der Waals surface area contributed by atoms with Gasteiger partial charge in [0.05, 0.1) is 5.56 Å². The maximum Gasteiger partial charge on any atom is 0.335 e. The summed E-state index contributed by atoms with van der Waals surface area (Å²) in [6.45, 7) is 0.693. The van der Waals surface area contributed by atoms with Crippen molar-refractivity contribution in [3.05, 3.63) is 29.6 Å². The highest BCUT2D eigenvalue weighted by atomic mass is 32.2. The minimum absolute atomic E-state index is 0.236. The van der Waals surface area contributed by atoms with Gasteiger partial charge < -0.3 is 5.11 Å². The molecule has 7 heteroatoms. The van der Waals surface area contributed by atoms with Gasteiger partial charge in [-0.05, 0) is 31.0 Å². The van der Waals surface area contributed by atoms with Gasteiger partial charge in [-0.3, -0.25) is 0 Å². The SMILES string of the molecule is O=C(O)c1ccc(F)c(S(=O)(=O)N2CCCCCC2)c1. The van der Waals surface area contributed by atoms with Gasteiger partial charge in [-0.15, -0.1) is 0 Å². The van der Waals surface area contributed by atoms with Gasteiger partial charge in [0.25, 0.3) is 0 Å². The Morgan fingerprint density at radius 3 is 2.30 bits per heavy atom. The van der Waals surface area contributed by atoms with Crippen molar-refractivity contribution < 1.29 is 22.7 Å². The third-order valence-corrected chi connectivity index (χ3v) is 5.27. The molecule has 0 radical (unpaired) electrons. The van der Waals surface area contributed by atoms with Gasteiger partial charge in [-0.2, -0.15) is 4.31 Å². The molecule has 1 heterocycles. The lowest BCUT2D eigenvalue weighted by Crippen LogP contribution is -2.32. The summed E-state index contributed by atoms with van der Waals surface area (Å²) in [5.41, 5.74) is -0.236. The van der Waals surface area contributed by atoms with Crippen molar-refractivity contribution in [3.8, 4) is 0 Å². The van der Waals surface area contributed by atoms with E-state index in [4.69, 9.17) is 5.11 Å². The van der Waals surface area contributed by atoms with Crippen molar-refractivity contribution in [2.75, 3.05) is 13.1 Å². The number of halogens is 1. The monoisotopic (exact) mass is 301 g/mol. The van der Waals surface area contributed by atoms with Crippen LogP contribution in [0, 0.1) is 5.82 Å². The van der Waals surface area contributed by atoms with Gasteiger partial charge in [0.1, 0.15) is 10.7 Å². The summed E-state index contributed by atoms with van der Waals surface area (Å²) in [5, 5.41) is 8.89. The van der Waals surface area contributed by atoms with Crippen molar-refractivity contribution in [2.24, 2.45) is 0 Å². The van der Waals surface area contributed by atoms with E-state index >= 15 is 0 Å². The molecule has 1 N–H and O–H groups in total. The summed E-state index contributed by atoms with van der Waals surface area (Å²) in [6.07, 6.45) is 3.37. The summed E-state index contributed by atoms with van der Waals surface area (Å²) < 4.78 is 39.9. The van der Waals surface area contributed by atoms with Crippen LogP contribution in [0.25, 0.3) is 0 Å². The van der Waals surface area contributed by atoms with Crippen molar-refractivity contribution >= 4 is 16.0 Å². The summed E-state index contributed by atoms with van der Waals surface area (Å²) in [5.74, 6) is -2.20. The number of carboxylic acid groups (broad SMARTS) is 1. The van der Waals surface area contributed by atoms with Gasteiger partial charge in [-0.25, -0.2) is 17.6 Å². The number of sulfonamides is 1. The predicted octanol–water partition coefficient (Wildman–Crippen LogP) is 2.09. The number of hydrogen-bond acceptors (Lipinski definition) is 3. The van der Waals surface area contributed by atoms with E-state index in [1.807, 2.05) is 0 Å². The van der Waals surface area contributed by atoms with Crippen molar-refractivity contribution in [2.45, 2.75) is 30.6 Å². The molecule has 1 fully saturated rings. The maximum atomic E-state index is 13.8. The Bertz CT molecular complexity index is 607. The minimum atomic E-state index is -3.98. The Kier molecular flexibility index (Phi) is 4.39. The van der Waals surface area contributed by atoms with E-state index in [0.29, 0.717) is 13.1 Å². The van der Waals surface area contributed by atoms with Crippen LogP contribution >= 0.6 is 0 Å². The highest BCUT2D eigenvalue weighted by Crippen LogP contribution is 2.23. The molecule has 1 aliphatic rings. The molecule has 0 saturated carbocycles. The number of nitrogens with zero attached hydrogens (tertiary/aromatic N) is 1. The number of aromatic carboxylic acids is 1. The first-order chi connectivity index (χ1) is 9.43. The van der Waals surface area contributed by atoms with Crippen LogP contribution < -0.4 is 0 Å². The highest BCUT2D eigenvalue weighted by molar-refractivity contribution is 7.89. The third-order valence-electron chi connectivity index (χ3n) is 3.36. The molecule has 110 valence electrons. The van der Waals surface area contributed by atoms with E-state index in [9.17, 15) is 17.6 Å². The quantitative estimate of drug-likeness (QED) is 0.927. The van der Waals surface area contributed by atoms with Crippen LogP contribution in [0.2, 0.25) is 0 Å². The minimum Gasteiger partial charge on any atom is -0.478 e. The van der Waals surface area contributed by atoms with Crippen LogP contribution in [0.15, 0.2) is 23.1 Å². The molecule has 1 aliphatic heterocycles. The topological polar surface area (TPSA) is 74.7 Å². The standard InChI is InChI=1S/C13H16FNO4S/c14-11-6-5-10(13(16)17)9-12(11)20(18,19)15-7-3-1-2-4-8-15/h5-6,9H,1-4,7-8H2,(H,16,17). The molecule has 0 atom stereocenters. The first-order valence-electron chi connectivity index (χ1n) is 6.46. The van der Waals surface area contributed by atoms with E-state index in [0.717, 1.165) is 43.9 Å². The fourth-order valence-corrected chi connectivity index (χ4v) is 3.86. The van der Waals surface area contributed by atoms with Crippen molar-refractivity contribution in [1.29, 1.82) is 0 Å². The molecule has 0 unspecified atom stereocenters. The van der Waals surface area contributed by atoms with Crippen LogP contribution in [0.4, 0.5) is 4.39 Å². The van der Waals surface area contributed by atoms with E-state index < -0.39 is 26.7 Å². The van der Waals surface area contributed by atoms with Crippen LogP contribution in [0.5, 0.6) is 0 Å². The molecule has 1 saturated heterocycles. The number of carbonyl (C=O) groups is 1. The van der Waals surface area contributed by atoms with Crippen LogP contribution in [0.3, 0.4) is 0 Å². The molecule has 0 aliphatic carbocycles. The highest BCUT2D eigenvalue weighted by Gasteiger charge is 2.28. The fraction of sp³-hybridized carbons (Fsp3) is 0.462. The Balaban J connectivity index is 2.42. The number of carboxylic acids is 1. The van der Waals surface area contributed by atoms with Crippen molar-refractivity contribution in [3.63, 3.8) is 0 Å². The molecule has 0 aromatic heterocycles. The number of hydrogen-bond donors (Lipinski definition) is 1. The summed E-state index contributed by atoms with van der Waals surface area (Å²) >= 11 is 0. The second kappa shape index (κ2) is 5.88. The molecule has 20 heavy (non-hydrogen) atoms. The van der Waals surface area contributed by atoms with E-state index in [1.165, 1.54) is 4.31 Å². The molecule has 0 amide bonds. The zero-order chi connectivity index (χ0) is 14.8. The normalized spacial score (nSPS) is 17.6. The molecule has 1 aromatic rings. The van der Waals surface area contributed by atoms with Crippen molar-refractivity contribution in [1.82, 2.24) is 4.31 Å². The lowest BCUT2D eigenvalue weighted by molar-refractivity contribution is 0.0696.